The Balaban J connectivity index is 2.18. The van der Waals surface area contributed by atoms with Gasteiger partial charge in [0, 0.05) is 5.02 Å². The van der Waals surface area contributed by atoms with Gasteiger partial charge in [0.15, 0.2) is 17.3 Å². The molecule has 0 amide bonds. The highest BCUT2D eigenvalue weighted by Gasteiger charge is 2.49. The summed E-state index contributed by atoms with van der Waals surface area (Å²) in [4.78, 5) is 11.3. The molecule has 148 valence electrons. The van der Waals surface area contributed by atoms with E-state index in [9.17, 15) is 22.4 Å². The first kappa shape index (κ1) is 20.6. The number of carbonyl (C=O) groups is 1. The molecule has 0 aliphatic carbocycles. The summed E-state index contributed by atoms with van der Waals surface area (Å²) in [6.07, 6.45) is -7.09. The number of aliphatic carboxylic acids is 1. The number of fused-ring (bicyclic) bond motifs is 1. The summed E-state index contributed by atoms with van der Waals surface area (Å²) in [5.41, 5.74) is -1.38. The van der Waals surface area contributed by atoms with Crippen LogP contribution in [0.4, 0.5) is 17.6 Å². The minimum Gasteiger partial charge on any atom is -0.478 e. The number of hydrogen-bond acceptors (Lipinski definition) is 3. The number of alkyl halides is 3. The second-order valence-corrected chi connectivity index (χ2v) is 6.78. The number of carboxylic acid groups (broad SMARTS) is 1. The van der Waals surface area contributed by atoms with Gasteiger partial charge in [-0.25, -0.2) is 9.18 Å². The number of halogens is 7. The fourth-order valence-electron chi connectivity index (χ4n) is 2.45. The molecule has 0 bridgehead atoms. The molecule has 1 aliphatic rings. The van der Waals surface area contributed by atoms with Crippen LogP contribution in [-0.4, -0.2) is 23.4 Å². The average molecular weight is 458 g/mol. The Kier molecular flexibility index (Phi) is 5.40. The number of benzene rings is 2. The number of hydrogen-bond donors (Lipinski definition) is 1. The van der Waals surface area contributed by atoms with Crippen LogP contribution in [0.1, 0.15) is 5.56 Å². The summed E-state index contributed by atoms with van der Waals surface area (Å²) in [7, 11) is 0. The van der Waals surface area contributed by atoms with Gasteiger partial charge >= 0.3 is 12.1 Å². The summed E-state index contributed by atoms with van der Waals surface area (Å²) < 4.78 is 63.8. The van der Waals surface area contributed by atoms with Crippen LogP contribution in [0.3, 0.4) is 0 Å². The Hall–Kier alpha value is -2.16. The number of ether oxygens (including phenoxy) is 2. The van der Waals surface area contributed by atoms with Crippen LogP contribution in [0.15, 0.2) is 29.8 Å². The van der Waals surface area contributed by atoms with E-state index in [1.807, 2.05) is 0 Å². The van der Waals surface area contributed by atoms with Crippen molar-refractivity contribution in [2.75, 3.05) is 0 Å². The van der Waals surface area contributed by atoms with Crippen molar-refractivity contribution in [3.8, 4) is 17.2 Å². The van der Waals surface area contributed by atoms with E-state index in [0.717, 1.165) is 12.1 Å². The van der Waals surface area contributed by atoms with Gasteiger partial charge in [-0.15, -0.1) is 0 Å². The van der Waals surface area contributed by atoms with E-state index in [4.69, 9.17) is 49.4 Å². The molecule has 11 heteroatoms. The van der Waals surface area contributed by atoms with E-state index in [-0.39, 0.29) is 32.1 Å². The fraction of sp³-hybridized carbons (Fsp3) is 0.118. The molecule has 0 radical (unpaired) electrons. The molecule has 2 aromatic carbocycles. The molecule has 3 rings (SSSR count). The van der Waals surface area contributed by atoms with Crippen molar-refractivity contribution < 1.29 is 36.9 Å². The van der Waals surface area contributed by atoms with E-state index < -0.39 is 35.4 Å². The molecule has 1 unspecified atom stereocenters. The van der Waals surface area contributed by atoms with Crippen LogP contribution in [0, 0.1) is 5.82 Å². The van der Waals surface area contributed by atoms with Gasteiger partial charge in [-0.3, -0.25) is 0 Å². The van der Waals surface area contributed by atoms with Crippen LogP contribution in [0.25, 0.3) is 6.08 Å². The highest BCUT2D eigenvalue weighted by atomic mass is 35.5. The van der Waals surface area contributed by atoms with Crippen molar-refractivity contribution in [1.29, 1.82) is 0 Å². The fourth-order valence-corrected chi connectivity index (χ4v) is 3.17. The number of rotatable bonds is 3. The van der Waals surface area contributed by atoms with Gasteiger partial charge in [0.1, 0.15) is 5.75 Å². The topological polar surface area (TPSA) is 55.8 Å². The van der Waals surface area contributed by atoms with E-state index >= 15 is 0 Å². The highest BCUT2D eigenvalue weighted by molar-refractivity contribution is 6.37. The SMILES string of the molecule is O=C(O)C1=Cc2c(Oc3ccc(Cl)cc3F)c(Cl)cc(Cl)c2OC1C(F)(F)F. The molecule has 1 N–H and O–H groups in total. The standard InChI is InChI=1S/C17H7Cl3F4O4/c18-6-1-2-12(11(21)3-6)27-13-7-4-8(16(25)26)15(17(22,23)24)28-14(7)10(20)5-9(13)19/h1-5,15H,(H,25,26). The Morgan fingerprint density at radius 1 is 1.14 bits per heavy atom. The van der Waals surface area contributed by atoms with Gasteiger partial charge < -0.3 is 14.6 Å². The van der Waals surface area contributed by atoms with Crippen molar-refractivity contribution in [2.45, 2.75) is 12.3 Å². The van der Waals surface area contributed by atoms with Crippen LogP contribution in [-0.2, 0) is 4.79 Å². The predicted octanol–water partition coefficient (Wildman–Crippen LogP) is 6.37. The summed E-state index contributed by atoms with van der Waals surface area (Å²) >= 11 is 17.6. The lowest BCUT2D eigenvalue weighted by atomic mass is 10.0. The Labute approximate surface area is 169 Å². The average Bonchev–Trinajstić information content (AvgIpc) is 2.58. The van der Waals surface area contributed by atoms with Crippen molar-refractivity contribution in [2.24, 2.45) is 0 Å². The van der Waals surface area contributed by atoms with Gasteiger partial charge in [-0.1, -0.05) is 34.8 Å². The lowest BCUT2D eigenvalue weighted by Crippen LogP contribution is -2.40. The first-order valence-electron chi connectivity index (χ1n) is 7.32. The second kappa shape index (κ2) is 7.35. The lowest BCUT2D eigenvalue weighted by Gasteiger charge is -2.28. The monoisotopic (exact) mass is 456 g/mol. The summed E-state index contributed by atoms with van der Waals surface area (Å²) in [5.74, 6) is -3.92. The minimum absolute atomic E-state index is 0.0819. The number of carboxylic acids is 1. The van der Waals surface area contributed by atoms with Gasteiger partial charge in [0.2, 0.25) is 6.10 Å². The van der Waals surface area contributed by atoms with E-state index in [1.165, 1.54) is 12.1 Å². The first-order chi connectivity index (χ1) is 13.0. The van der Waals surface area contributed by atoms with Crippen LogP contribution >= 0.6 is 34.8 Å². The van der Waals surface area contributed by atoms with Crippen molar-refractivity contribution in [1.82, 2.24) is 0 Å². The van der Waals surface area contributed by atoms with E-state index in [1.54, 1.807) is 0 Å². The molecule has 0 saturated carbocycles. The highest BCUT2D eigenvalue weighted by Crippen LogP contribution is 2.49. The second-order valence-electron chi connectivity index (χ2n) is 5.53. The summed E-state index contributed by atoms with van der Waals surface area (Å²) in [6, 6.07) is 4.46. The van der Waals surface area contributed by atoms with E-state index in [0.29, 0.717) is 6.08 Å². The zero-order valence-electron chi connectivity index (χ0n) is 13.3. The normalized spacial score (nSPS) is 16.1. The van der Waals surface area contributed by atoms with Crippen LogP contribution in [0.5, 0.6) is 17.2 Å². The molecule has 0 aromatic heterocycles. The Morgan fingerprint density at radius 3 is 2.39 bits per heavy atom. The van der Waals surface area contributed by atoms with Crippen LogP contribution < -0.4 is 9.47 Å². The molecule has 1 aliphatic heterocycles. The lowest BCUT2D eigenvalue weighted by molar-refractivity contribution is -0.187. The zero-order valence-corrected chi connectivity index (χ0v) is 15.5. The molecule has 1 atom stereocenters. The minimum atomic E-state index is -5.02. The molecule has 28 heavy (non-hydrogen) atoms. The van der Waals surface area contributed by atoms with E-state index in [2.05, 4.69) is 0 Å². The summed E-state index contributed by atoms with van der Waals surface area (Å²) in [5, 5.41) is 8.74. The maximum absolute atomic E-state index is 14.0. The molecular weight excluding hydrogens is 451 g/mol. The van der Waals surface area contributed by atoms with Crippen molar-refractivity contribution >= 4 is 46.8 Å². The predicted molar refractivity (Wildman–Crippen MR) is 94.0 cm³/mol. The maximum Gasteiger partial charge on any atom is 0.430 e. The summed E-state index contributed by atoms with van der Waals surface area (Å²) in [6.45, 7) is 0. The van der Waals surface area contributed by atoms with Gasteiger partial charge in [-0.05, 0) is 30.3 Å². The quantitative estimate of drug-likeness (QED) is 0.544. The maximum atomic E-state index is 14.0. The first-order valence-corrected chi connectivity index (χ1v) is 8.45. The Bertz CT molecular complexity index is 1000. The molecule has 0 saturated heterocycles. The molecule has 0 fully saturated rings. The van der Waals surface area contributed by atoms with Crippen LogP contribution in [0.2, 0.25) is 15.1 Å². The largest absolute Gasteiger partial charge is 0.478 e. The molecule has 0 spiro atoms. The van der Waals surface area contributed by atoms with Gasteiger partial charge in [0.05, 0.1) is 21.2 Å². The van der Waals surface area contributed by atoms with Crippen molar-refractivity contribution in [3.63, 3.8) is 0 Å². The molecular formula is C17H7Cl3F4O4. The zero-order chi connectivity index (χ0) is 20.8. The third-order valence-electron chi connectivity index (χ3n) is 3.64. The molecule has 1 heterocycles. The van der Waals surface area contributed by atoms with Gasteiger partial charge in [0.25, 0.3) is 0 Å². The smallest absolute Gasteiger partial charge is 0.430 e. The third kappa shape index (κ3) is 3.85. The third-order valence-corrected chi connectivity index (χ3v) is 4.44. The Morgan fingerprint density at radius 2 is 1.82 bits per heavy atom. The van der Waals surface area contributed by atoms with Crippen molar-refractivity contribution in [3.05, 3.63) is 56.3 Å². The molecule has 2 aromatic rings. The van der Waals surface area contributed by atoms with Gasteiger partial charge in [-0.2, -0.15) is 13.2 Å². The molecule has 4 nitrogen and oxygen atoms in total.